The molecule has 1 N–H and O–H groups in total. The lowest BCUT2D eigenvalue weighted by atomic mass is 9.97. The van der Waals surface area contributed by atoms with Crippen molar-refractivity contribution in [2.45, 2.75) is 31.5 Å². The Balaban J connectivity index is 1.31. The minimum atomic E-state index is -0.342. The number of aliphatic hydroxyl groups excluding tert-OH is 1. The first-order valence-electron chi connectivity index (χ1n) is 10.5. The average Bonchev–Trinajstić information content (AvgIpc) is 2.73. The van der Waals surface area contributed by atoms with Gasteiger partial charge in [-0.3, -0.25) is 4.99 Å². The minimum absolute atomic E-state index is 0.112. The molecule has 0 saturated carbocycles. The fourth-order valence-corrected chi connectivity index (χ4v) is 4.33. The van der Waals surface area contributed by atoms with Gasteiger partial charge >= 0.3 is 0 Å². The number of aliphatic hydroxyl groups is 1. The highest BCUT2D eigenvalue weighted by Crippen LogP contribution is 2.31. The van der Waals surface area contributed by atoms with Gasteiger partial charge in [-0.05, 0) is 42.7 Å². The molecule has 5 nitrogen and oxygen atoms in total. The molecule has 0 amide bonds. The van der Waals surface area contributed by atoms with Gasteiger partial charge < -0.3 is 14.9 Å². The van der Waals surface area contributed by atoms with Gasteiger partial charge in [-0.2, -0.15) is 0 Å². The van der Waals surface area contributed by atoms with E-state index in [1.165, 1.54) is 10.9 Å². The number of hydrogen-bond donors (Lipinski definition) is 1. The molecule has 1 fully saturated rings. The number of fused-ring (bicyclic) bond motifs is 1. The fraction of sp³-hybridized carbons (Fsp3) is 0.280. The van der Waals surface area contributed by atoms with Crippen LogP contribution in [0.5, 0.6) is 0 Å². The molecule has 5 heteroatoms. The number of para-hydroxylation sites is 1. The van der Waals surface area contributed by atoms with E-state index < -0.39 is 0 Å². The van der Waals surface area contributed by atoms with Crippen LogP contribution in [-0.2, 0) is 6.42 Å². The Morgan fingerprint density at radius 1 is 1.07 bits per heavy atom. The van der Waals surface area contributed by atoms with Crippen molar-refractivity contribution in [3.05, 3.63) is 84.2 Å². The van der Waals surface area contributed by atoms with Gasteiger partial charge in [0.05, 0.1) is 23.7 Å². The standard InChI is InChI=1S/C25H26N4O/c1-18(30)13-19-5-4-7-21(14-19)24-15-26-11-12-29(24)22-16-28(17-22)25-10-9-20-6-2-3-8-23(20)27-25/h2-12,14-15,18,22,24,30H,13,16-17H2,1H3. The zero-order chi connectivity index (χ0) is 20.5. The lowest BCUT2D eigenvalue weighted by Crippen LogP contribution is -2.59. The molecular formula is C25H26N4O. The lowest BCUT2D eigenvalue weighted by Gasteiger charge is -2.48. The molecule has 0 radical (unpaired) electrons. The molecule has 0 spiro atoms. The first-order chi connectivity index (χ1) is 14.7. The van der Waals surface area contributed by atoms with Gasteiger partial charge in [0.25, 0.3) is 0 Å². The molecule has 0 bridgehead atoms. The summed E-state index contributed by atoms with van der Waals surface area (Å²) < 4.78 is 0. The maximum absolute atomic E-state index is 9.74. The largest absolute Gasteiger partial charge is 0.393 e. The Bertz CT molecular complexity index is 1100. The summed E-state index contributed by atoms with van der Waals surface area (Å²) in [5.74, 6) is 1.04. The van der Waals surface area contributed by atoms with Gasteiger partial charge in [-0.1, -0.05) is 42.5 Å². The predicted octanol–water partition coefficient (Wildman–Crippen LogP) is 3.95. The van der Waals surface area contributed by atoms with Crippen LogP contribution < -0.4 is 4.90 Å². The van der Waals surface area contributed by atoms with Crippen LogP contribution >= 0.6 is 0 Å². The highest BCUT2D eigenvalue weighted by atomic mass is 16.3. The third-order valence-electron chi connectivity index (χ3n) is 5.89. The Kier molecular flexibility index (Phi) is 4.97. The maximum atomic E-state index is 9.74. The molecule has 152 valence electrons. The number of nitrogens with zero attached hydrogens (tertiary/aromatic N) is 4. The second-order valence-corrected chi connectivity index (χ2v) is 8.21. The lowest BCUT2D eigenvalue weighted by molar-refractivity contribution is 0.195. The van der Waals surface area contributed by atoms with E-state index in [-0.39, 0.29) is 12.1 Å². The molecule has 3 heterocycles. The van der Waals surface area contributed by atoms with Crippen molar-refractivity contribution in [2.75, 3.05) is 18.0 Å². The number of pyridine rings is 1. The van der Waals surface area contributed by atoms with Gasteiger partial charge in [0.2, 0.25) is 0 Å². The smallest absolute Gasteiger partial charge is 0.129 e. The molecule has 2 aliphatic rings. The summed E-state index contributed by atoms with van der Waals surface area (Å²) in [7, 11) is 0. The summed E-state index contributed by atoms with van der Waals surface area (Å²) >= 11 is 0. The first-order valence-corrected chi connectivity index (χ1v) is 10.5. The molecule has 2 aromatic carbocycles. The molecule has 1 aromatic heterocycles. The highest BCUT2D eigenvalue weighted by Gasteiger charge is 2.35. The third-order valence-corrected chi connectivity index (χ3v) is 5.89. The van der Waals surface area contributed by atoms with E-state index in [1.807, 2.05) is 31.5 Å². The van der Waals surface area contributed by atoms with E-state index in [0.29, 0.717) is 12.5 Å². The van der Waals surface area contributed by atoms with Crippen LogP contribution in [0.2, 0.25) is 0 Å². The van der Waals surface area contributed by atoms with Crippen LogP contribution in [0.4, 0.5) is 5.82 Å². The quantitative estimate of drug-likeness (QED) is 0.707. The summed E-state index contributed by atoms with van der Waals surface area (Å²) in [5, 5.41) is 10.9. The second-order valence-electron chi connectivity index (χ2n) is 8.21. The minimum Gasteiger partial charge on any atom is -0.393 e. The molecule has 0 aliphatic carbocycles. The number of anilines is 1. The fourth-order valence-electron chi connectivity index (χ4n) is 4.33. The molecular weight excluding hydrogens is 372 g/mol. The summed E-state index contributed by atoms with van der Waals surface area (Å²) in [6.45, 7) is 3.70. The van der Waals surface area contributed by atoms with Gasteiger partial charge in [0.15, 0.2) is 0 Å². The van der Waals surface area contributed by atoms with Crippen LogP contribution in [0, 0.1) is 0 Å². The SMILES string of the molecule is CC(O)Cc1cccc(C2C=NC=CN2C2CN(c3ccc4ccccc4n3)C2)c1. The number of benzene rings is 2. The van der Waals surface area contributed by atoms with Gasteiger partial charge in [-0.15, -0.1) is 0 Å². The van der Waals surface area contributed by atoms with E-state index in [1.54, 1.807) is 0 Å². The summed E-state index contributed by atoms with van der Waals surface area (Å²) in [6.07, 6.45) is 6.30. The van der Waals surface area contributed by atoms with Crippen molar-refractivity contribution in [1.82, 2.24) is 9.88 Å². The van der Waals surface area contributed by atoms with E-state index in [0.717, 1.165) is 30.0 Å². The Labute approximate surface area is 177 Å². The number of hydrogen-bond acceptors (Lipinski definition) is 5. The molecule has 3 aromatic rings. The van der Waals surface area contributed by atoms with Crippen molar-refractivity contribution in [2.24, 2.45) is 4.99 Å². The Morgan fingerprint density at radius 2 is 1.93 bits per heavy atom. The molecule has 2 atom stereocenters. The summed E-state index contributed by atoms with van der Waals surface area (Å²) in [4.78, 5) is 14.0. The van der Waals surface area contributed by atoms with Crippen LogP contribution in [0.15, 0.2) is 78.1 Å². The highest BCUT2D eigenvalue weighted by molar-refractivity contribution is 5.80. The maximum Gasteiger partial charge on any atom is 0.129 e. The monoisotopic (exact) mass is 398 g/mol. The van der Waals surface area contributed by atoms with Crippen molar-refractivity contribution in [3.63, 3.8) is 0 Å². The van der Waals surface area contributed by atoms with Crippen molar-refractivity contribution in [1.29, 1.82) is 0 Å². The van der Waals surface area contributed by atoms with Crippen molar-refractivity contribution >= 4 is 22.9 Å². The normalized spacial score (nSPS) is 19.9. The predicted molar refractivity (Wildman–Crippen MR) is 122 cm³/mol. The van der Waals surface area contributed by atoms with E-state index in [4.69, 9.17) is 4.98 Å². The third kappa shape index (κ3) is 3.68. The zero-order valence-corrected chi connectivity index (χ0v) is 17.1. The first kappa shape index (κ1) is 18.8. The average molecular weight is 399 g/mol. The van der Waals surface area contributed by atoms with Crippen molar-refractivity contribution < 1.29 is 5.11 Å². The number of aromatic nitrogens is 1. The molecule has 2 aliphatic heterocycles. The van der Waals surface area contributed by atoms with Crippen LogP contribution in [0.25, 0.3) is 10.9 Å². The van der Waals surface area contributed by atoms with Crippen LogP contribution in [-0.4, -0.2) is 46.4 Å². The Hall–Kier alpha value is -3.18. The summed E-state index contributed by atoms with van der Waals surface area (Å²) in [6, 6.07) is 21.5. The van der Waals surface area contributed by atoms with Crippen LogP contribution in [0.1, 0.15) is 24.1 Å². The van der Waals surface area contributed by atoms with E-state index >= 15 is 0 Å². The molecule has 30 heavy (non-hydrogen) atoms. The molecule has 5 rings (SSSR count). The van der Waals surface area contributed by atoms with Gasteiger partial charge in [0.1, 0.15) is 5.82 Å². The zero-order valence-electron chi connectivity index (χ0n) is 17.1. The van der Waals surface area contributed by atoms with E-state index in [9.17, 15) is 5.11 Å². The molecule has 1 saturated heterocycles. The number of aliphatic imine (C=N–C) groups is 1. The molecule has 2 unspecified atom stereocenters. The Morgan fingerprint density at radius 3 is 2.80 bits per heavy atom. The second kappa shape index (κ2) is 7.92. The number of rotatable bonds is 5. The van der Waals surface area contributed by atoms with E-state index in [2.05, 4.69) is 69.5 Å². The van der Waals surface area contributed by atoms with Crippen molar-refractivity contribution in [3.8, 4) is 0 Å². The topological polar surface area (TPSA) is 52.0 Å². The van der Waals surface area contributed by atoms with Gasteiger partial charge in [-0.25, -0.2) is 4.98 Å². The summed E-state index contributed by atoms with van der Waals surface area (Å²) in [5.41, 5.74) is 3.40. The van der Waals surface area contributed by atoms with Crippen LogP contribution in [0.3, 0.4) is 0 Å². The van der Waals surface area contributed by atoms with Gasteiger partial charge in [0, 0.05) is 37.1 Å².